The van der Waals surface area contributed by atoms with Crippen LogP contribution in [0.1, 0.15) is 10.4 Å². The smallest absolute Gasteiger partial charge is 0.260 e. The van der Waals surface area contributed by atoms with Crippen LogP contribution in [0.15, 0.2) is 42.6 Å². The normalized spacial score (nSPS) is 10.1. The fourth-order valence-corrected chi connectivity index (χ4v) is 1.81. The number of aromatic nitrogens is 1. The molecule has 18 heavy (non-hydrogen) atoms. The lowest BCUT2D eigenvalue weighted by Gasteiger charge is -2.16. The maximum absolute atomic E-state index is 12.2. The molecule has 1 amide bonds. The van der Waals surface area contributed by atoms with Crippen molar-refractivity contribution in [2.24, 2.45) is 0 Å². The van der Waals surface area contributed by atoms with Crippen molar-refractivity contribution in [2.75, 3.05) is 17.7 Å². The third kappa shape index (κ3) is 2.43. The Hall–Kier alpha value is -2.07. The maximum Gasteiger partial charge on any atom is 0.260 e. The van der Waals surface area contributed by atoms with Gasteiger partial charge in [0.05, 0.1) is 10.6 Å². The van der Waals surface area contributed by atoms with Crippen LogP contribution >= 0.6 is 11.6 Å². The van der Waals surface area contributed by atoms with E-state index in [0.29, 0.717) is 22.1 Å². The van der Waals surface area contributed by atoms with Crippen LogP contribution in [0, 0.1) is 0 Å². The Bertz CT molecular complexity index is 572. The minimum absolute atomic E-state index is 0.223. The number of carbonyl (C=O) groups is 1. The predicted molar refractivity (Wildman–Crippen MR) is 72.8 cm³/mol. The summed E-state index contributed by atoms with van der Waals surface area (Å²) in [4.78, 5) is 17.8. The molecular weight excluding hydrogens is 250 g/mol. The monoisotopic (exact) mass is 261 g/mol. The van der Waals surface area contributed by atoms with Gasteiger partial charge in [-0.05, 0) is 30.3 Å². The average Bonchev–Trinajstić information content (AvgIpc) is 2.38. The van der Waals surface area contributed by atoms with Gasteiger partial charge in [0.15, 0.2) is 0 Å². The third-order valence-electron chi connectivity index (χ3n) is 2.52. The summed E-state index contributed by atoms with van der Waals surface area (Å²) in [5.74, 6) is 0.342. The van der Waals surface area contributed by atoms with Gasteiger partial charge in [0.25, 0.3) is 5.91 Å². The highest BCUT2D eigenvalue weighted by Gasteiger charge is 2.17. The van der Waals surface area contributed by atoms with Crippen LogP contribution in [-0.2, 0) is 0 Å². The molecule has 0 saturated heterocycles. The molecule has 2 N–H and O–H groups in total. The SMILES string of the molecule is CN(C(=O)c1ccc(N)cc1Cl)c1ccccn1. The summed E-state index contributed by atoms with van der Waals surface area (Å²) in [6.07, 6.45) is 1.63. The Morgan fingerprint density at radius 1 is 1.33 bits per heavy atom. The van der Waals surface area contributed by atoms with Crippen LogP contribution < -0.4 is 10.6 Å². The second kappa shape index (κ2) is 5.06. The van der Waals surface area contributed by atoms with Gasteiger partial charge >= 0.3 is 0 Å². The summed E-state index contributed by atoms with van der Waals surface area (Å²) in [6, 6.07) is 10.2. The van der Waals surface area contributed by atoms with E-state index in [1.807, 2.05) is 6.07 Å². The molecule has 0 aliphatic carbocycles. The highest BCUT2D eigenvalue weighted by molar-refractivity contribution is 6.34. The van der Waals surface area contributed by atoms with E-state index in [2.05, 4.69) is 4.98 Å². The molecule has 1 aromatic carbocycles. The standard InChI is InChI=1S/C13H12ClN3O/c1-17(12-4-2-3-7-16-12)13(18)10-6-5-9(15)8-11(10)14/h2-8H,15H2,1H3. The van der Waals surface area contributed by atoms with Crippen molar-refractivity contribution in [1.29, 1.82) is 0 Å². The van der Waals surface area contributed by atoms with Gasteiger partial charge in [-0.3, -0.25) is 9.69 Å². The van der Waals surface area contributed by atoms with Crippen LogP contribution in [0.5, 0.6) is 0 Å². The van der Waals surface area contributed by atoms with Crippen molar-refractivity contribution < 1.29 is 4.79 Å². The number of benzene rings is 1. The Morgan fingerprint density at radius 2 is 2.11 bits per heavy atom. The average molecular weight is 262 g/mol. The molecular formula is C13H12ClN3O. The van der Waals surface area contributed by atoms with E-state index in [-0.39, 0.29) is 5.91 Å². The van der Waals surface area contributed by atoms with Crippen molar-refractivity contribution in [3.8, 4) is 0 Å². The maximum atomic E-state index is 12.2. The van der Waals surface area contributed by atoms with Crippen LogP contribution in [0.3, 0.4) is 0 Å². The first-order valence-corrected chi connectivity index (χ1v) is 5.71. The van der Waals surface area contributed by atoms with Gasteiger partial charge in [0.1, 0.15) is 5.82 Å². The number of hydrogen-bond acceptors (Lipinski definition) is 3. The number of halogens is 1. The van der Waals surface area contributed by atoms with Crippen LogP contribution in [0.4, 0.5) is 11.5 Å². The molecule has 0 spiro atoms. The molecule has 0 aliphatic rings. The second-order valence-electron chi connectivity index (χ2n) is 3.79. The number of nitrogen functional groups attached to an aromatic ring is 1. The van der Waals surface area contributed by atoms with Crippen LogP contribution in [0.25, 0.3) is 0 Å². The molecule has 2 rings (SSSR count). The number of rotatable bonds is 2. The van der Waals surface area contributed by atoms with Gasteiger partial charge in [-0.15, -0.1) is 0 Å². The number of carbonyl (C=O) groups excluding carboxylic acids is 1. The minimum atomic E-state index is -0.223. The largest absolute Gasteiger partial charge is 0.399 e. The number of nitrogens with two attached hydrogens (primary N) is 1. The molecule has 0 aliphatic heterocycles. The minimum Gasteiger partial charge on any atom is -0.399 e. The summed E-state index contributed by atoms with van der Waals surface area (Å²) >= 11 is 6.01. The van der Waals surface area contributed by atoms with Crippen LogP contribution in [-0.4, -0.2) is 17.9 Å². The van der Waals surface area contributed by atoms with Crippen molar-refractivity contribution in [3.63, 3.8) is 0 Å². The number of amides is 1. The van der Waals surface area contributed by atoms with Crippen molar-refractivity contribution >= 4 is 29.0 Å². The lowest BCUT2D eigenvalue weighted by molar-refractivity contribution is 0.0992. The van der Waals surface area contributed by atoms with Gasteiger partial charge in [-0.1, -0.05) is 17.7 Å². The molecule has 0 fully saturated rings. The van der Waals surface area contributed by atoms with Gasteiger partial charge in [-0.25, -0.2) is 4.98 Å². The zero-order valence-electron chi connectivity index (χ0n) is 9.80. The predicted octanol–water partition coefficient (Wildman–Crippen LogP) is 2.59. The summed E-state index contributed by atoms with van der Waals surface area (Å²) in [5.41, 5.74) is 6.52. The molecule has 0 unspecified atom stereocenters. The summed E-state index contributed by atoms with van der Waals surface area (Å²) < 4.78 is 0. The number of hydrogen-bond donors (Lipinski definition) is 1. The van der Waals surface area contributed by atoms with Gasteiger partial charge < -0.3 is 5.73 Å². The van der Waals surface area contributed by atoms with Crippen LogP contribution in [0.2, 0.25) is 5.02 Å². The molecule has 5 heteroatoms. The first-order chi connectivity index (χ1) is 8.59. The first-order valence-electron chi connectivity index (χ1n) is 5.33. The molecule has 1 heterocycles. The fourth-order valence-electron chi connectivity index (χ4n) is 1.54. The lowest BCUT2D eigenvalue weighted by Crippen LogP contribution is -2.27. The lowest BCUT2D eigenvalue weighted by atomic mass is 10.2. The molecule has 1 aromatic heterocycles. The summed E-state index contributed by atoms with van der Waals surface area (Å²) in [7, 11) is 1.65. The quantitative estimate of drug-likeness (QED) is 0.846. The Labute approximate surface area is 110 Å². The van der Waals surface area contributed by atoms with Crippen molar-refractivity contribution in [2.45, 2.75) is 0 Å². The van der Waals surface area contributed by atoms with E-state index in [0.717, 1.165) is 0 Å². The fraction of sp³-hybridized carbons (Fsp3) is 0.0769. The van der Waals surface area contributed by atoms with E-state index >= 15 is 0 Å². The number of nitrogens with zero attached hydrogens (tertiary/aromatic N) is 2. The number of anilines is 2. The molecule has 92 valence electrons. The third-order valence-corrected chi connectivity index (χ3v) is 2.83. The van der Waals surface area contributed by atoms with Gasteiger partial charge in [0.2, 0.25) is 0 Å². The van der Waals surface area contributed by atoms with Crippen molar-refractivity contribution in [1.82, 2.24) is 4.98 Å². The summed E-state index contributed by atoms with van der Waals surface area (Å²) in [5, 5.41) is 0.336. The highest BCUT2D eigenvalue weighted by atomic mass is 35.5. The molecule has 0 atom stereocenters. The molecule has 0 saturated carbocycles. The first kappa shape index (κ1) is 12.4. The van der Waals surface area contributed by atoms with Gasteiger partial charge in [0, 0.05) is 18.9 Å². The van der Waals surface area contributed by atoms with Gasteiger partial charge in [-0.2, -0.15) is 0 Å². The summed E-state index contributed by atoms with van der Waals surface area (Å²) in [6.45, 7) is 0. The Kier molecular flexibility index (Phi) is 3.48. The molecule has 0 radical (unpaired) electrons. The zero-order valence-corrected chi connectivity index (χ0v) is 10.6. The topological polar surface area (TPSA) is 59.2 Å². The van der Waals surface area contributed by atoms with E-state index in [1.54, 1.807) is 43.6 Å². The van der Waals surface area contributed by atoms with Crippen molar-refractivity contribution in [3.05, 3.63) is 53.2 Å². The molecule has 0 bridgehead atoms. The highest BCUT2D eigenvalue weighted by Crippen LogP contribution is 2.22. The Balaban J connectivity index is 2.32. The molecule has 4 nitrogen and oxygen atoms in total. The van der Waals surface area contributed by atoms with E-state index in [9.17, 15) is 4.79 Å². The van der Waals surface area contributed by atoms with E-state index in [1.165, 1.54) is 4.90 Å². The van der Waals surface area contributed by atoms with E-state index < -0.39 is 0 Å². The zero-order chi connectivity index (χ0) is 13.1. The number of pyridine rings is 1. The Morgan fingerprint density at radius 3 is 2.72 bits per heavy atom. The molecule has 2 aromatic rings. The van der Waals surface area contributed by atoms with E-state index in [4.69, 9.17) is 17.3 Å². The second-order valence-corrected chi connectivity index (χ2v) is 4.20.